The van der Waals surface area contributed by atoms with Crippen molar-refractivity contribution >= 4 is 58.1 Å². The zero-order valence-corrected chi connectivity index (χ0v) is 41.4. The third kappa shape index (κ3) is 16.4. The second-order valence-electron chi connectivity index (χ2n) is 16.7. The van der Waals surface area contributed by atoms with Crippen molar-refractivity contribution in [3.8, 4) is 22.6 Å². The molecule has 374 valence electrons. The molecule has 0 fully saturated rings. The van der Waals surface area contributed by atoms with E-state index in [1.54, 1.807) is 44.2 Å². The number of esters is 3. The summed E-state index contributed by atoms with van der Waals surface area (Å²) in [5, 5.41) is 0. The summed E-state index contributed by atoms with van der Waals surface area (Å²) in [6.07, 6.45) is 4.16. The van der Waals surface area contributed by atoms with Crippen LogP contribution in [0, 0.1) is 18.6 Å². The van der Waals surface area contributed by atoms with Crippen molar-refractivity contribution in [2.75, 3.05) is 43.3 Å². The summed E-state index contributed by atoms with van der Waals surface area (Å²) in [7, 11) is 1.33. The molecule has 0 spiro atoms. The summed E-state index contributed by atoms with van der Waals surface area (Å²) in [5.41, 5.74) is 9.69. The van der Waals surface area contributed by atoms with Gasteiger partial charge in [-0.15, -0.1) is 0 Å². The predicted octanol–water partition coefficient (Wildman–Crippen LogP) is 14.5. The van der Waals surface area contributed by atoms with Crippen molar-refractivity contribution in [3.63, 3.8) is 0 Å². The van der Waals surface area contributed by atoms with Gasteiger partial charge in [-0.25, -0.2) is 23.2 Å². The molecule has 0 aliphatic heterocycles. The highest BCUT2D eigenvalue weighted by Crippen LogP contribution is 2.39. The Labute approximate surface area is 426 Å². The molecule has 0 atom stereocenters. The molecule has 0 saturated heterocycles. The van der Waals surface area contributed by atoms with E-state index in [-0.39, 0.29) is 24.2 Å². The topological polar surface area (TPSA) is 104 Å². The predicted molar refractivity (Wildman–Crippen MR) is 285 cm³/mol. The molecule has 7 rings (SSSR count). The average molecular weight is 985 g/mol. The summed E-state index contributed by atoms with van der Waals surface area (Å²) in [6.45, 7) is 13.7. The standard InChI is InChI=1S/C44H38F2N2O3.C17H20O5/c1-31(2)44(49)51-27-7-26-50-43-24-22-39(23-25-43)47(41-12-5-9-35(45)29-41)37-18-14-33(15-19-37)34-16-20-38(21-17-34)48(40-11-4-8-32(3)28-40)42-13-6-10-36(46)30-42;1-13(2)17(19)22-12-4-11-21-15-8-5-14(6-9-15)7-10-16(18)20-3/h4-6,8-25,28-30H,1,7,26-27H2,2-3H3;5-10H,1,4,11-12H2,2-3H3/b;10-7+. The molecule has 73 heavy (non-hydrogen) atoms. The van der Waals surface area contributed by atoms with Gasteiger partial charge in [0.15, 0.2) is 0 Å². The van der Waals surface area contributed by atoms with Gasteiger partial charge in [0.1, 0.15) is 23.1 Å². The van der Waals surface area contributed by atoms with E-state index in [1.165, 1.54) is 37.5 Å². The van der Waals surface area contributed by atoms with Crippen molar-refractivity contribution in [2.45, 2.75) is 33.6 Å². The van der Waals surface area contributed by atoms with Crippen molar-refractivity contribution in [1.82, 2.24) is 0 Å². The minimum Gasteiger partial charge on any atom is -0.493 e. The Hall–Kier alpha value is -8.77. The van der Waals surface area contributed by atoms with Crippen molar-refractivity contribution in [2.24, 2.45) is 0 Å². The SMILES string of the molecule is C=C(C)C(=O)OCCCOc1ccc(/C=C/C(=O)OC)cc1.C=C(C)C(=O)OCCCOc1ccc(N(c2ccc(-c3ccc(N(c4cccc(C)c4)c4cccc(F)c4)cc3)cc2)c2cccc(F)c2)cc1. The second-order valence-corrected chi connectivity index (χ2v) is 16.7. The number of hydrogen-bond acceptors (Lipinski definition) is 10. The number of nitrogens with zero attached hydrogens (tertiary/aromatic N) is 2. The number of carbonyl (C=O) groups excluding carboxylic acids is 3. The molecule has 0 aliphatic rings. The van der Waals surface area contributed by atoms with Gasteiger partial charge in [0.2, 0.25) is 0 Å². The molecule has 0 N–H and O–H groups in total. The number of rotatable bonds is 21. The number of benzene rings is 7. The summed E-state index contributed by atoms with van der Waals surface area (Å²) >= 11 is 0. The zero-order valence-electron chi connectivity index (χ0n) is 41.4. The molecule has 0 amide bonds. The third-order valence-electron chi connectivity index (χ3n) is 10.8. The quantitative estimate of drug-likeness (QED) is 0.0299. The van der Waals surface area contributed by atoms with Crippen LogP contribution in [0.5, 0.6) is 11.5 Å². The Morgan fingerprint density at radius 1 is 0.507 bits per heavy atom. The van der Waals surface area contributed by atoms with Crippen molar-refractivity contribution < 1.29 is 46.8 Å². The van der Waals surface area contributed by atoms with Gasteiger partial charge in [-0.1, -0.05) is 73.8 Å². The number of ether oxygens (including phenoxy) is 5. The van der Waals surface area contributed by atoms with E-state index in [2.05, 4.69) is 36.1 Å². The molecular weight excluding hydrogens is 927 g/mol. The first-order valence-electron chi connectivity index (χ1n) is 23.5. The second kappa shape index (κ2) is 27.0. The number of hydrogen-bond donors (Lipinski definition) is 0. The Balaban J connectivity index is 0.000000332. The molecule has 0 unspecified atom stereocenters. The summed E-state index contributed by atoms with van der Waals surface area (Å²) in [5.74, 6) is -0.451. The summed E-state index contributed by atoms with van der Waals surface area (Å²) in [4.78, 5) is 37.7. The number of methoxy groups -OCH3 is 1. The van der Waals surface area contributed by atoms with E-state index in [0.29, 0.717) is 61.0 Å². The van der Waals surface area contributed by atoms with Crippen LogP contribution in [0.3, 0.4) is 0 Å². The lowest BCUT2D eigenvalue weighted by Gasteiger charge is -2.26. The van der Waals surface area contributed by atoms with Gasteiger partial charge in [0, 0.05) is 64.2 Å². The fourth-order valence-electron chi connectivity index (χ4n) is 7.17. The van der Waals surface area contributed by atoms with E-state index in [0.717, 1.165) is 50.7 Å². The van der Waals surface area contributed by atoms with Crippen LogP contribution >= 0.6 is 0 Å². The molecule has 0 heterocycles. The lowest BCUT2D eigenvalue weighted by Crippen LogP contribution is -2.11. The molecule has 0 radical (unpaired) electrons. The summed E-state index contributed by atoms with van der Waals surface area (Å²) < 4.78 is 54.7. The molecule has 0 aliphatic carbocycles. The Kier molecular flexibility index (Phi) is 19.8. The van der Waals surface area contributed by atoms with Crippen LogP contribution in [0.2, 0.25) is 0 Å². The molecular formula is C61H58F2N2O8. The van der Waals surface area contributed by atoms with Gasteiger partial charge in [-0.2, -0.15) is 0 Å². The minimum absolute atomic E-state index is 0.248. The van der Waals surface area contributed by atoms with E-state index in [4.69, 9.17) is 18.9 Å². The minimum atomic E-state index is -0.411. The molecule has 12 heteroatoms. The molecule has 0 aromatic heterocycles. The van der Waals surface area contributed by atoms with Gasteiger partial charge in [0.05, 0.1) is 33.5 Å². The first kappa shape index (κ1) is 53.6. The maximum absolute atomic E-state index is 14.4. The van der Waals surface area contributed by atoms with Crippen molar-refractivity contribution in [1.29, 1.82) is 0 Å². The van der Waals surface area contributed by atoms with Crippen LogP contribution in [0.4, 0.5) is 42.9 Å². The van der Waals surface area contributed by atoms with E-state index < -0.39 is 11.9 Å². The highest BCUT2D eigenvalue weighted by molar-refractivity contribution is 5.88. The number of halogens is 2. The molecule has 7 aromatic rings. The maximum atomic E-state index is 14.4. The largest absolute Gasteiger partial charge is 0.493 e. The van der Waals surface area contributed by atoms with Crippen LogP contribution in [0.1, 0.15) is 37.8 Å². The number of carbonyl (C=O) groups is 3. The Morgan fingerprint density at radius 3 is 1.32 bits per heavy atom. The molecule has 0 bridgehead atoms. The lowest BCUT2D eigenvalue weighted by atomic mass is 10.0. The number of anilines is 6. The van der Waals surface area contributed by atoms with E-state index in [1.807, 2.05) is 120 Å². The third-order valence-corrected chi connectivity index (χ3v) is 10.8. The van der Waals surface area contributed by atoms with Gasteiger partial charge in [-0.3, -0.25) is 0 Å². The smallest absolute Gasteiger partial charge is 0.333 e. The lowest BCUT2D eigenvalue weighted by molar-refractivity contribution is -0.140. The van der Waals surface area contributed by atoms with Gasteiger partial charge in [0.25, 0.3) is 0 Å². The van der Waals surface area contributed by atoms with Gasteiger partial charge < -0.3 is 33.5 Å². The normalized spacial score (nSPS) is 10.6. The monoisotopic (exact) mass is 984 g/mol. The van der Waals surface area contributed by atoms with Crippen molar-refractivity contribution in [3.05, 3.63) is 223 Å². The Bertz CT molecular complexity index is 2950. The highest BCUT2D eigenvalue weighted by Gasteiger charge is 2.16. The highest BCUT2D eigenvalue weighted by atomic mass is 19.1. The van der Waals surface area contributed by atoms with Gasteiger partial charge in [-0.05, 0) is 158 Å². The van der Waals surface area contributed by atoms with E-state index in [9.17, 15) is 23.2 Å². The molecule has 0 saturated carbocycles. The fraction of sp³-hybridized carbons (Fsp3) is 0.164. The first-order chi connectivity index (χ1) is 35.3. The molecule has 10 nitrogen and oxygen atoms in total. The van der Waals surface area contributed by atoms with E-state index >= 15 is 0 Å². The van der Waals surface area contributed by atoms with Crippen LogP contribution in [0.25, 0.3) is 17.2 Å². The molecule has 7 aromatic carbocycles. The Morgan fingerprint density at radius 2 is 0.904 bits per heavy atom. The average Bonchev–Trinajstić information content (AvgIpc) is 3.39. The van der Waals surface area contributed by atoms with Gasteiger partial charge >= 0.3 is 17.9 Å². The zero-order chi connectivity index (χ0) is 52.1. The van der Waals surface area contributed by atoms with Crippen LogP contribution < -0.4 is 19.3 Å². The summed E-state index contributed by atoms with van der Waals surface area (Å²) in [6, 6.07) is 52.3. The van der Waals surface area contributed by atoms with Crippen LogP contribution in [-0.2, 0) is 28.6 Å². The number of aryl methyl sites for hydroxylation is 1. The fourth-order valence-corrected chi connectivity index (χ4v) is 7.17. The maximum Gasteiger partial charge on any atom is 0.333 e. The van der Waals surface area contributed by atoms with Crippen LogP contribution in [-0.4, -0.2) is 51.4 Å². The first-order valence-corrected chi connectivity index (χ1v) is 23.5. The van der Waals surface area contributed by atoms with Crippen LogP contribution in [0.15, 0.2) is 200 Å².